The van der Waals surface area contributed by atoms with E-state index < -0.39 is 0 Å². The molecule has 0 radical (unpaired) electrons. The van der Waals surface area contributed by atoms with Gasteiger partial charge in [-0.15, -0.1) is 10.2 Å². The second-order valence-corrected chi connectivity index (χ2v) is 2.93. The molecule has 6 heteroatoms. The van der Waals surface area contributed by atoms with E-state index in [1.807, 2.05) is 12.1 Å². The summed E-state index contributed by atoms with van der Waals surface area (Å²) < 4.78 is 6.38. The van der Waals surface area contributed by atoms with Crippen LogP contribution in [0.4, 0.5) is 5.95 Å². The number of ether oxygens (including phenoxy) is 1. The second-order valence-electron chi connectivity index (χ2n) is 2.93. The monoisotopic (exact) mass is 206 g/mol. The fourth-order valence-electron chi connectivity index (χ4n) is 1.22. The number of aromatic nitrogens is 3. The summed E-state index contributed by atoms with van der Waals surface area (Å²) in [5.41, 5.74) is 0.685. The number of pyridine rings is 1. The van der Waals surface area contributed by atoms with Gasteiger partial charge in [0, 0.05) is 13.3 Å². The summed E-state index contributed by atoms with van der Waals surface area (Å²) in [6.45, 7) is 0.00173. The Kier molecular flexibility index (Phi) is 2.59. The summed E-state index contributed by atoms with van der Waals surface area (Å²) in [4.78, 5) is 11.2. The van der Waals surface area contributed by atoms with E-state index >= 15 is 0 Å². The summed E-state index contributed by atoms with van der Waals surface area (Å²) in [7, 11) is 1.46. The average molecular weight is 206 g/mol. The molecule has 0 bridgehead atoms. The maximum Gasteiger partial charge on any atom is 0.252 e. The molecule has 0 fully saturated rings. The fraction of sp³-hybridized carbons (Fsp3) is 0.222. The van der Waals surface area contributed by atoms with Crippen molar-refractivity contribution in [2.24, 2.45) is 0 Å². The molecule has 1 N–H and O–H groups in total. The summed E-state index contributed by atoms with van der Waals surface area (Å²) in [5.74, 6) is 0.142. The molecular formula is C9H10N4O2. The van der Waals surface area contributed by atoms with E-state index in [1.54, 1.807) is 16.7 Å². The van der Waals surface area contributed by atoms with Gasteiger partial charge in [0.25, 0.3) is 5.91 Å². The van der Waals surface area contributed by atoms with E-state index in [-0.39, 0.29) is 12.5 Å². The van der Waals surface area contributed by atoms with Crippen molar-refractivity contribution in [3.63, 3.8) is 0 Å². The third-order valence-corrected chi connectivity index (χ3v) is 1.84. The Morgan fingerprint density at radius 3 is 3.20 bits per heavy atom. The first-order valence-corrected chi connectivity index (χ1v) is 4.40. The van der Waals surface area contributed by atoms with Crippen molar-refractivity contribution in [2.45, 2.75) is 0 Å². The van der Waals surface area contributed by atoms with Gasteiger partial charge in [0.05, 0.1) is 0 Å². The molecule has 1 amide bonds. The lowest BCUT2D eigenvalue weighted by molar-refractivity contribution is -0.119. The quantitative estimate of drug-likeness (QED) is 0.785. The first-order chi connectivity index (χ1) is 7.31. The number of carbonyl (C=O) groups excluding carboxylic acids is 1. The zero-order chi connectivity index (χ0) is 10.7. The first-order valence-electron chi connectivity index (χ1n) is 4.40. The predicted octanol–water partition coefficient (Wildman–Crippen LogP) is 0.314. The maximum absolute atomic E-state index is 11.2. The minimum Gasteiger partial charge on any atom is -0.375 e. The van der Waals surface area contributed by atoms with Gasteiger partial charge in [-0.3, -0.25) is 14.5 Å². The van der Waals surface area contributed by atoms with Crippen LogP contribution < -0.4 is 5.32 Å². The molecule has 78 valence electrons. The standard InChI is InChI=1S/C9H10N4O2/c1-15-6-8(14)10-9-12-11-7-4-2-3-5-13(7)9/h2-5H,6H2,1H3,(H,10,12,14). The third kappa shape index (κ3) is 1.94. The Balaban J connectivity index is 2.25. The number of amides is 1. The van der Waals surface area contributed by atoms with Gasteiger partial charge >= 0.3 is 0 Å². The number of nitrogens with one attached hydrogen (secondary N) is 1. The first kappa shape index (κ1) is 9.60. The Bertz CT molecular complexity index is 480. The number of carbonyl (C=O) groups is 1. The van der Waals surface area contributed by atoms with Crippen molar-refractivity contribution < 1.29 is 9.53 Å². The second kappa shape index (κ2) is 4.05. The normalized spacial score (nSPS) is 10.5. The van der Waals surface area contributed by atoms with E-state index in [2.05, 4.69) is 15.5 Å². The van der Waals surface area contributed by atoms with Crippen LogP contribution in [0.2, 0.25) is 0 Å². The number of hydrogen-bond acceptors (Lipinski definition) is 4. The van der Waals surface area contributed by atoms with E-state index in [0.717, 1.165) is 0 Å². The van der Waals surface area contributed by atoms with Crippen LogP contribution in [0.5, 0.6) is 0 Å². The van der Waals surface area contributed by atoms with E-state index in [1.165, 1.54) is 7.11 Å². The van der Waals surface area contributed by atoms with Gasteiger partial charge < -0.3 is 4.74 Å². The molecule has 0 aliphatic heterocycles. The van der Waals surface area contributed by atoms with E-state index in [4.69, 9.17) is 4.74 Å². The molecule has 0 saturated carbocycles. The predicted molar refractivity (Wildman–Crippen MR) is 53.5 cm³/mol. The zero-order valence-electron chi connectivity index (χ0n) is 8.17. The highest BCUT2D eigenvalue weighted by atomic mass is 16.5. The molecule has 2 aromatic rings. The summed E-state index contributed by atoms with van der Waals surface area (Å²) in [6.07, 6.45) is 1.78. The van der Waals surface area contributed by atoms with Crippen LogP contribution >= 0.6 is 0 Å². The lowest BCUT2D eigenvalue weighted by atomic mass is 10.5. The highest BCUT2D eigenvalue weighted by Gasteiger charge is 2.07. The Morgan fingerprint density at radius 2 is 2.40 bits per heavy atom. The van der Waals surface area contributed by atoms with Crippen LogP contribution in [0.3, 0.4) is 0 Å². The van der Waals surface area contributed by atoms with Gasteiger partial charge in [-0.25, -0.2) is 0 Å². The third-order valence-electron chi connectivity index (χ3n) is 1.84. The Labute approximate surface area is 85.9 Å². The zero-order valence-corrected chi connectivity index (χ0v) is 8.17. The Hall–Kier alpha value is -1.95. The largest absolute Gasteiger partial charge is 0.375 e. The molecule has 2 rings (SSSR count). The molecule has 0 atom stereocenters. The van der Waals surface area contributed by atoms with Crippen LogP contribution in [-0.2, 0) is 9.53 Å². The van der Waals surface area contributed by atoms with Crippen molar-refractivity contribution in [1.29, 1.82) is 0 Å². The van der Waals surface area contributed by atoms with Crippen LogP contribution in [0.15, 0.2) is 24.4 Å². The van der Waals surface area contributed by atoms with E-state index in [9.17, 15) is 4.79 Å². The lowest BCUT2D eigenvalue weighted by Gasteiger charge is -2.01. The number of anilines is 1. The van der Waals surface area contributed by atoms with Gasteiger partial charge in [-0.2, -0.15) is 0 Å². The van der Waals surface area contributed by atoms with Crippen LogP contribution in [0.1, 0.15) is 0 Å². The minimum atomic E-state index is -0.254. The van der Waals surface area contributed by atoms with Crippen LogP contribution in [-0.4, -0.2) is 34.2 Å². The summed E-state index contributed by atoms with van der Waals surface area (Å²) >= 11 is 0. The van der Waals surface area contributed by atoms with Crippen molar-refractivity contribution in [3.05, 3.63) is 24.4 Å². The van der Waals surface area contributed by atoms with Crippen molar-refractivity contribution in [3.8, 4) is 0 Å². The molecule has 0 unspecified atom stereocenters. The van der Waals surface area contributed by atoms with Crippen molar-refractivity contribution in [1.82, 2.24) is 14.6 Å². The molecule has 0 aliphatic rings. The van der Waals surface area contributed by atoms with E-state index in [0.29, 0.717) is 11.6 Å². The molecule has 0 aromatic carbocycles. The molecule has 0 spiro atoms. The Morgan fingerprint density at radius 1 is 1.53 bits per heavy atom. The molecule has 0 saturated heterocycles. The van der Waals surface area contributed by atoms with Crippen molar-refractivity contribution in [2.75, 3.05) is 19.0 Å². The molecule has 15 heavy (non-hydrogen) atoms. The van der Waals surface area contributed by atoms with Crippen molar-refractivity contribution >= 4 is 17.5 Å². The number of methoxy groups -OCH3 is 1. The lowest BCUT2D eigenvalue weighted by Crippen LogP contribution is -2.18. The molecular weight excluding hydrogens is 196 g/mol. The topological polar surface area (TPSA) is 68.5 Å². The van der Waals surface area contributed by atoms with Gasteiger partial charge in [0.15, 0.2) is 5.65 Å². The minimum absolute atomic E-state index is 0.00173. The number of rotatable bonds is 3. The van der Waals surface area contributed by atoms with Crippen LogP contribution in [0, 0.1) is 0 Å². The number of nitrogens with zero attached hydrogens (tertiary/aromatic N) is 3. The number of fused-ring (bicyclic) bond motifs is 1. The van der Waals surface area contributed by atoms with Crippen LogP contribution in [0.25, 0.3) is 5.65 Å². The molecule has 2 aromatic heterocycles. The maximum atomic E-state index is 11.2. The van der Waals surface area contributed by atoms with Gasteiger partial charge in [-0.1, -0.05) is 6.07 Å². The van der Waals surface area contributed by atoms with Gasteiger partial charge in [0.2, 0.25) is 5.95 Å². The fourth-order valence-corrected chi connectivity index (χ4v) is 1.22. The van der Waals surface area contributed by atoms with Gasteiger partial charge in [0.1, 0.15) is 6.61 Å². The summed E-state index contributed by atoms with van der Waals surface area (Å²) in [5, 5.41) is 10.3. The molecule has 6 nitrogen and oxygen atoms in total. The highest BCUT2D eigenvalue weighted by Crippen LogP contribution is 2.06. The number of hydrogen-bond donors (Lipinski definition) is 1. The molecule has 0 aliphatic carbocycles. The highest BCUT2D eigenvalue weighted by molar-refractivity contribution is 5.90. The molecule has 2 heterocycles. The average Bonchev–Trinajstić information content (AvgIpc) is 2.62. The SMILES string of the molecule is COCC(=O)Nc1nnc2ccccn12. The van der Waals surface area contributed by atoms with Gasteiger partial charge in [-0.05, 0) is 12.1 Å². The smallest absolute Gasteiger partial charge is 0.252 e. The summed E-state index contributed by atoms with van der Waals surface area (Å²) in [6, 6.07) is 5.49.